The predicted octanol–water partition coefficient (Wildman–Crippen LogP) is 2.21. The quantitative estimate of drug-likeness (QED) is 0.809. The number of nitrogens with two attached hydrogens (primary N) is 1. The topological polar surface area (TPSA) is 51.8 Å². The third kappa shape index (κ3) is 1.15. The maximum absolute atomic E-state index is 6.56. The Bertz CT molecular complexity index is 583. The van der Waals surface area contributed by atoms with E-state index in [1.807, 2.05) is 6.07 Å². The van der Waals surface area contributed by atoms with Crippen molar-refractivity contribution in [1.29, 1.82) is 0 Å². The maximum Gasteiger partial charge on any atom is 0.0890 e. The van der Waals surface area contributed by atoms with Crippen molar-refractivity contribution in [2.24, 2.45) is 17.6 Å². The number of rotatable bonds is 1. The van der Waals surface area contributed by atoms with Gasteiger partial charge >= 0.3 is 0 Å². The Balaban J connectivity index is 1.82. The van der Waals surface area contributed by atoms with Crippen LogP contribution in [-0.2, 0) is 5.54 Å². The first-order chi connectivity index (χ1) is 8.30. The molecule has 0 bridgehead atoms. The molecule has 2 aromatic rings. The van der Waals surface area contributed by atoms with E-state index in [2.05, 4.69) is 22.1 Å². The van der Waals surface area contributed by atoms with E-state index in [0.29, 0.717) is 11.8 Å². The van der Waals surface area contributed by atoms with E-state index in [1.165, 1.54) is 24.8 Å². The van der Waals surface area contributed by atoms with Crippen LogP contribution >= 0.6 is 0 Å². The van der Waals surface area contributed by atoms with Gasteiger partial charge in [-0.05, 0) is 42.4 Å². The van der Waals surface area contributed by atoms with Crippen LogP contribution in [0.15, 0.2) is 30.6 Å². The van der Waals surface area contributed by atoms with Gasteiger partial charge in [0, 0.05) is 17.9 Å². The molecular weight excluding hydrogens is 210 g/mol. The summed E-state index contributed by atoms with van der Waals surface area (Å²) in [6, 6.07) is 6.30. The van der Waals surface area contributed by atoms with Crippen LogP contribution in [0.4, 0.5) is 0 Å². The molecule has 0 amide bonds. The largest absolute Gasteiger partial charge is 0.321 e. The average molecular weight is 225 g/mol. The fourth-order valence-electron chi connectivity index (χ4n) is 3.66. The van der Waals surface area contributed by atoms with Crippen molar-refractivity contribution >= 4 is 11.0 Å². The molecule has 4 rings (SSSR count). The molecule has 2 N–H and O–H groups in total. The summed E-state index contributed by atoms with van der Waals surface area (Å²) in [5.74, 6) is 1.41. The van der Waals surface area contributed by atoms with Crippen molar-refractivity contribution < 1.29 is 0 Å². The number of hydrogen-bond donors (Lipinski definition) is 1. The van der Waals surface area contributed by atoms with Gasteiger partial charge < -0.3 is 5.73 Å². The fraction of sp³-hybridized carbons (Fsp3) is 0.429. The first-order valence-corrected chi connectivity index (χ1v) is 6.30. The molecular formula is C14H15N3. The Morgan fingerprint density at radius 3 is 2.53 bits per heavy atom. The lowest BCUT2D eigenvalue weighted by atomic mass is 9.96. The molecule has 2 atom stereocenters. The molecule has 0 radical (unpaired) electrons. The Labute approximate surface area is 100 Å². The minimum atomic E-state index is -0.0655. The van der Waals surface area contributed by atoms with Crippen molar-refractivity contribution in [1.82, 2.24) is 9.97 Å². The number of nitrogens with zero attached hydrogens (tertiary/aromatic N) is 2. The van der Waals surface area contributed by atoms with Gasteiger partial charge in [-0.3, -0.25) is 9.97 Å². The zero-order valence-electron chi connectivity index (χ0n) is 9.63. The first-order valence-electron chi connectivity index (χ1n) is 6.30. The highest BCUT2D eigenvalue weighted by atomic mass is 14.9. The highest BCUT2D eigenvalue weighted by molar-refractivity contribution is 5.75. The Hall–Kier alpha value is -1.48. The molecule has 0 aliphatic heterocycles. The van der Waals surface area contributed by atoms with Crippen molar-refractivity contribution in [2.45, 2.75) is 24.8 Å². The Morgan fingerprint density at radius 2 is 1.76 bits per heavy atom. The molecule has 1 aromatic heterocycles. The SMILES string of the molecule is NC1(c2ccc3nccnc3c2)C2CCCC21. The molecule has 0 spiro atoms. The average Bonchev–Trinajstić information content (AvgIpc) is 2.79. The van der Waals surface area contributed by atoms with Crippen LogP contribution in [0.2, 0.25) is 0 Å². The van der Waals surface area contributed by atoms with E-state index in [9.17, 15) is 0 Å². The highest BCUT2D eigenvalue weighted by Crippen LogP contribution is 2.64. The minimum Gasteiger partial charge on any atom is -0.321 e. The summed E-state index contributed by atoms with van der Waals surface area (Å²) >= 11 is 0. The standard InChI is InChI=1S/C14H15N3/c15-14(10-2-1-3-11(10)14)9-4-5-12-13(8-9)17-7-6-16-12/h4-8,10-11H,1-3,15H2. The summed E-state index contributed by atoms with van der Waals surface area (Å²) in [6.45, 7) is 0. The lowest BCUT2D eigenvalue weighted by Crippen LogP contribution is -2.25. The molecule has 3 nitrogen and oxygen atoms in total. The second-order valence-electron chi connectivity index (χ2n) is 5.34. The van der Waals surface area contributed by atoms with Crippen LogP contribution < -0.4 is 5.73 Å². The molecule has 2 unspecified atom stereocenters. The molecule has 3 heteroatoms. The van der Waals surface area contributed by atoms with Crippen LogP contribution in [0.25, 0.3) is 11.0 Å². The van der Waals surface area contributed by atoms with Gasteiger partial charge in [0.2, 0.25) is 0 Å². The zero-order valence-corrected chi connectivity index (χ0v) is 9.63. The van der Waals surface area contributed by atoms with Crippen molar-refractivity contribution in [3.63, 3.8) is 0 Å². The molecule has 0 saturated heterocycles. The van der Waals surface area contributed by atoms with Gasteiger partial charge in [-0.2, -0.15) is 0 Å². The number of aromatic nitrogens is 2. The lowest BCUT2D eigenvalue weighted by molar-refractivity contribution is 0.527. The zero-order chi connectivity index (χ0) is 11.5. The predicted molar refractivity (Wildman–Crippen MR) is 66.2 cm³/mol. The number of hydrogen-bond acceptors (Lipinski definition) is 3. The van der Waals surface area contributed by atoms with Gasteiger partial charge in [0.05, 0.1) is 11.0 Å². The van der Waals surface area contributed by atoms with E-state index in [1.54, 1.807) is 12.4 Å². The lowest BCUT2D eigenvalue weighted by Gasteiger charge is -2.16. The summed E-state index contributed by atoms with van der Waals surface area (Å²) in [6.07, 6.45) is 7.40. The fourth-order valence-corrected chi connectivity index (χ4v) is 3.66. The minimum absolute atomic E-state index is 0.0655. The van der Waals surface area contributed by atoms with Gasteiger partial charge in [-0.15, -0.1) is 0 Å². The third-order valence-corrected chi connectivity index (χ3v) is 4.60. The molecule has 2 fully saturated rings. The third-order valence-electron chi connectivity index (χ3n) is 4.60. The van der Waals surface area contributed by atoms with E-state index in [-0.39, 0.29) is 5.54 Å². The maximum atomic E-state index is 6.56. The summed E-state index contributed by atoms with van der Waals surface area (Å²) in [5, 5.41) is 0. The second-order valence-corrected chi connectivity index (χ2v) is 5.34. The van der Waals surface area contributed by atoms with E-state index in [4.69, 9.17) is 5.73 Å². The van der Waals surface area contributed by atoms with Gasteiger partial charge in [0.25, 0.3) is 0 Å². The molecule has 1 aromatic carbocycles. The molecule has 2 aliphatic carbocycles. The summed E-state index contributed by atoms with van der Waals surface area (Å²) in [4.78, 5) is 8.65. The van der Waals surface area contributed by atoms with Gasteiger partial charge in [0.15, 0.2) is 0 Å². The Morgan fingerprint density at radius 1 is 1.06 bits per heavy atom. The van der Waals surface area contributed by atoms with Crippen LogP contribution in [0.3, 0.4) is 0 Å². The van der Waals surface area contributed by atoms with Crippen LogP contribution in [0.5, 0.6) is 0 Å². The van der Waals surface area contributed by atoms with Gasteiger partial charge in [-0.25, -0.2) is 0 Å². The Kier molecular flexibility index (Phi) is 1.71. The summed E-state index contributed by atoms with van der Waals surface area (Å²) in [7, 11) is 0. The molecule has 1 heterocycles. The van der Waals surface area contributed by atoms with E-state index < -0.39 is 0 Å². The summed E-state index contributed by atoms with van der Waals surface area (Å²) in [5.41, 5.74) is 9.65. The summed E-state index contributed by atoms with van der Waals surface area (Å²) < 4.78 is 0. The molecule has 2 aliphatic rings. The van der Waals surface area contributed by atoms with Gasteiger partial charge in [0.1, 0.15) is 0 Å². The van der Waals surface area contributed by atoms with Crippen molar-refractivity contribution in [2.75, 3.05) is 0 Å². The normalized spacial score (nSPS) is 34.9. The van der Waals surface area contributed by atoms with Crippen molar-refractivity contribution in [3.8, 4) is 0 Å². The van der Waals surface area contributed by atoms with Crippen molar-refractivity contribution in [3.05, 3.63) is 36.2 Å². The number of benzene rings is 1. The van der Waals surface area contributed by atoms with E-state index >= 15 is 0 Å². The molecule has 86 valence electrons. The van der Waals surface area contributed by atoms with Crippen LogP contribution in [0.1, 0.15) is 24.8 Å². The first kappa shape index (κ1) is 9.54. The van der Waals surface area contributed by atoms with Gasteiger partial charge in [-0.1, -0.05) is 12.5 Å². The number of fused-ring (bicyclic) bond motifs is 2. The second kappa shape index (κ2) is 3.05. The molecule has 2 saturated carbocycles. The van der Waals surface area contributed by atoms with Crippen LogP contribution in [-0.4, -0.2) is 9.97 Å². The highest BCUT2D eigenvalue weighted by Gasteiger charge is 2.64. The smallest absolute Gasteiger partial charge is 0.0890 e. The van der Waals surface area contributed by atoms with E-state index in [0.717, 1.165) is 11.0 Å². The monoisotopic (exact) mass is 225 g/mol. The van der Waals surface area contributed by atoms with Crippen LogP contribution in [0, 0.1) is 11.8 Å². The molecule has 17 heavy (non-hydrogen) atoms.